The maximum absolute atomic E-state index is 11.8. The van der Waals surface area contributed by atoms with Gasteiger partial charge in [-0.25, -0.2) is 0 Å². The van der Waals surface area contributed by atoms with Gasteiger partial charge in [-0.3, -0.25) is 4.79 Å². The maximum atomic E-state index is 11.8. The van der Waals surface area contributed by atoms with Crippen LogP contribution in [0, 0.1) is 0 Å². The molecule has 0 aliphatic heterocycles. The molecule has 0 N–H and O–H groups in total. The van der Waals surface area contributed by atoms with Gasteiger partial charge in [-0.2, -0.15) is 0 Å². The predicted octanol–water partition coefficient (Wildman–Crippen LogP) is 1.23. The van der Waals surface area contributed by atoms with Gasteiger partial charge < -0.3 is 4.84 Å². The number of rotatable bonds is 2. The van der Waals surface area contributed by atoms with Crippen LogP contribution < -0.4 is 10.4 Å². The Kier molecular flexibility index (Phi) is 2.41. The average molecular weight is 204 g/mol. The molecule has 4 heteroatoms. The molecule has 0 atom stereocenters. The van der Waals surface area contributed by atoms with E-state index >= 15 is 0 Å². The first-order valence-corrected chi connectivity index (χ1v) is 4.82. The van der Waals surface area contributed by atoms with Gasteiger partial charge in [-0.05, 0) is 19.9 Å². The summed E-state index contributed by atoms with van der Waals surface area (Å²) in [5.41, 5.74) is -0.221. The van der Waals surface area contributed by atoms with Gasteiger partial charge in [-0.15, -0.1) is 5.10 Å². The van der Waals surface area contributed by atoms with Crippen molar-refractivity contribution in [3.05, 3.63) is 40.8 Å². The Hall–Kier alpha value is -1.84. The van der Waals surface area contributed by atoms with E-state index in [1.54, 1.807) is 12.3 Å². The third-order valence-electron chi connectivity index (χ3n) is 1.98. The minimum atomic E-state index is -0.221. The summed E-state index contributed by atoms with van der Waals surface area (Å²) in [4.78, 5) is 18.1. The standard InChI is InChI=1S/C11H12N2O2/c1-8(2)15-13-11(14)10-6-4-3-5-9(10)7-12-13/h3-8H,1-2H3. The number of hydrogen-bond donors (Lipinski definition) is 0. The summed E-state index contributed by atoms with van der Waals surface area (Å²) in [6.45, 7) is 3.70. The maximum Gasteiger partial charge on any atom is 0.310 e. The molecule has 0 bridgehead atoms. The second-order valence-electron chi connectivity index (χ2n) is 3.56. The van der Waals surface area contributed by atoms with Gasteiger partial charge >= 0.3 is 5.56 Å². The molecule has 0 radical (unpaired) electrons. The number of aromatic nitrogens is 2. The summed E-state index contributed by atoms with van der Waals surface area (Å²) in [7, 11) is 0. The smallest absolute Gasteiger partial charge is 0.310 e. The summed E-state index contributed by atoms with van der Waals surface area (Å²) in [6.07, 6.45) is 1.55. The van der Waals surface area contributed by atoms with Crippen molar-refractivity contribution >= 4 is 10.8 Å². The van der Waals surface area contributed by atoms with E-state index in [2.05, 4.69) is 5.10 Å². The molecule has 1 aromatic carbocycles. The normalized spacial score (nSPS) is 10.9. The Morgan fingerprint density at radius 3 is 2.80 bits per heavy atom. The Morgan fingerprint density at radius 2 is 2.07 bits per heavy atom. The first-order valence-electron chi connectivity index (χ1n) is 4.82. The molecule has 2 aromatic rings. The quantitative estimate of drug-likeness (QED) is 0.739. The van der Waals surface area contributed by atoms with E-state index in [1.165, 1.54) is 0 Å². The second-order valence-corrected chi connectivity index (χ2v) is 3.56. The summed E-state index contributed by atoms with van der Waals surface area (Å²) in [5.74, 6) is 0. The Labute approximate surface area is 87.1 Å². The van der Waals surface area contributed by atoms with Crippen molar-refractivity contribution in [2.24, 2.45) is 0 Å². The molecular formula is C11H12N2O2. The highest BCUT2D eigenvalue weighted by atomic mass is 16.7. The number of benzene rings is 1. The van der Waals surface area contributed by atoms with Crippen molar-refractivity contribution in [3.8, 4) is 0 Å². The molecule has 15 heavy (non-hydrogen) atoms. The van der Waals surface area contributed by atoms with Crippen molar-refractivity contribution < 1.29 is 4.84 Å². The minimum absolute atomic E-state index is 0.0728. The second kappa shape index (κ2) is 3.73. The highest BCUT2D eigenvalue weighted by Crippen LogP contribution is 2.05. The fourth-order valence-electron chi connectivity index (χ4n) is 1.35. The number of nitrogens with zero attached hydrogens (tertiary/aromatic N) is 2. The number of fused-ring (bicyclic) bond motifs is 1. The zero-order valence-corrected chi connectivity index (χ0v) is 8.68. The lowest BCUT2D eigenvalue weighted by atomic mass is 10.2. The molecule has 0 saturated carbocycles. The van der Waals surface area contributed by atoms with Crippen LogP contribution in [0.2, 0.25) is 0 Å². The van der Waals surface area contributed by atoms with Gasteiger partial charge in [0.25, 0.3) is 0 Å². The molecule has 0 aliphatic rings. The molecule has 0 amide bonds. The lowest BCUT2D eigenvalue weighted by Gasteiger charge is -2.09. The molecule has 1 aromatic heterocycles. The van der Waals surface area contributed by atoms with Gasteiger partial charge in [0, 0.05) is 5.39 Å². The van der Waals surface area contributed by atoms with Crippen molar-refractivity contribution in [2.45, 2.75) is 20.0 Å². The molecular weight excluding hydrogens is 192 g/mol. The van der Waals surface area contributed by atoms with Gasteiger partial charge in [0.1, 0.15) is 6.10 Å². The largest absolute Gasteiger partial charge is 0.391 e. The predicted molar refractivity (Wildman–Crippen MR) is 57.7 cm³/mol. The fraction of sp³-hybridized carbons (Fsp3) is 0.273. The SMILES string of the molecule is CC(C)On1ncc2ccccc2c1=O. The summed E-state index contributed by atoms with van der Waals surface area (Å²) in [5, 5.41) is 5.37. The Balaban J connectivity index is 2.60. The highest BCUT2D eigenvalue weighted by Gasteiger charge is 2.04. The van der Waals surface area contributed by atoms with Crippen LogP contribution in [-0.2, 0) is 0 Å². The molecule has 4 nitrogen and oxygen atoms in total. The first kappa shape index (κ1) is 9.71. The molecule has 1 heterocycles. The Morgan fingerprint density at radius 1 is 1.33 bits per heavy atom. The van der Waals surface area contributed by atoms with E-state index in [0.717, 1.165) is 10.2 Å². The molecule has 0 aliphatic carbocycles. The van der Waals surface area contributed by atoms with Gasteiger partial charge in [0.05, 0.1) is 11.6 Å². The zero-order chi connectivity index (χ0) is 10.8. The van der Waals surface area contributed by atoms with Crippen molar-refractivity contribution in [2.75, 3.05) is 0 Å². The molecule has 0 spiro atoms. The van der Waals surface area contributed by atoms with Gasteiger partial charge in [-0.1, -0.05) is 23.0 Å². The monoisotopic (exact) mass is 204 g/mol. The zero-order valence-electron chi connectivity index (χ0n) is 8.68. The molecule has 78 valence electrons. The minimum Gasteiger partial charge on any atom is -0.391 e. The highest BCUT2D eigenvalue weighted by molar-refractivity contribution is 5.80. The van der Waals surface area contributed by atoms with Crippen LogP contribution in [0.4, 0.5) is 0 Å². The summed E-state index contributed by atoms with van der Waals surface area (Å²) in [6, 6.07) is 7.31. The van der Waals surface area contributed by atoms with E-state index in [-0.39, 0.29) is 11.7 Å². The average Bonchev–Trinajstić information content (AvgIpc) is 2.22. The van der Waals surface area contributed by atoms with E-state index in [0.29, 0.717) is 5.39 Å². The van der Waals surface area contributed by atoms with Gasteiger partial charge in [0.15, 0.2) is 0 Å². The first-order chi connectivity index (χ1) is 7.18. The Bertz CT molecular complexity index is 531. The van der Waals surface area contributed by atoms with E-state index in [1.807, 2.05) is 32.0 Å². The molecule has 0 fully saturated rings. The van der Waals surface area contributed by atoms with Gasteiger partial charge in [0.2, 0.25) is 0 Å². The van der Waals surface area contributed by atoms with Crippen LogP contribution in [0.1, 0.15) is 13.8 Å². The topological polar surface area (TPSA) is 44.1 Å². The van der Waals surface area contributed by atoms with Crippen molar-refractivity contribution in [1.82, 2.24) is 9.94 Å². The van der Waals surface area contributed by atoms with Crippen LogP contribution >= 0.6 is 0 Å². The molecule has 0 unspecified atom stereocenters. The third-order valence-corrected chi connectivity index (χ3v) is 1.98. The van der Waals surface area contributed by atoms with Crippen molar-refractivity contribution in [3.63, 3.8) is 0 Å². The van der Waals surface area contributed by atoms with Crippen LogP contribution in [0.15, 0.2) is 35.3 Å². The van der Waals surface area contributed by atoms with E-state index in [9.17, 15) is 4.79 Å². The lowest BCUT2D eigenvalue weighted by molar-refractivity contribution is 0.0280. The summed E-state index contributed by atoms with van der Waals surface area (Å²) < 4.78 is 0. The molecule has 2 rings (SSSR count). The van der Waals surface area contributed by atoms with E-state index < -0.39 is 0 Å². The van der Waals surface area contributed by atoms with Crippen LogP contribution in [-0.4, -0.2) is 16.0 Å². The summed E-state index contributed by atoms with van der Waals surface area (Å²) >= 11 is 0. The third kappa shape index (κ3) is 1.83. The van der Waals surface area contributed by atoms with Crippen LogP contribution in [0.5, 0.6) is 0 Å². The fourth-order valence-corrected chi connectivity index (χ4v) is 1.35. The lowest BCUT2D eigenvalue weighted by Crippen LogP contribution is -2.32. The number of hydrogen-bond acceptors (Lipinski definition) is 3. The van der Waals surface area contributed by atoms with Crippen LogP contribution in [0.25, 0.3) is 10.8 Å². The van der Waals surface area contributed by atoms with Crippen molar-refractivity contribution in [1.29, 1.82) is 0 Å². The molecule has 0 saturated heterocycles. The van der Waals surface area contributed by atoms with E-state index in [4.69, 9.17) is 4.84 Å². The van der Waals surface area contributed by atoms with Crippen LogP contribution in [0.3, 0.4) is 0 Å².